The van der Waals surface area contributed by atoms with Crippen molar-refractivity contribution in [2.24, 2.45) is 0 Å². The summed E-state index contributed by atoms with van der Waals surface area (Å²) in [5.41, 5.74) is 0. The van der Waals surface area contributed by atoms with Crippen LogP contribution in [0.15, 0.2) is 0 Å². The van der Waals surface area contributed by atoms with Gasteiger partial charge in [-0.15, -0.1) is 0 Å². The predicted molar refractivity (Wildman–Crippen MR) is 37.4 cm³/mol. The van der Waals surface area contributed by atoms with Gasteiger partial charge < -0.3 is 4.74 Å². The molecule has 0 aromatic heterocycles. The van der Waals surface area contributed by atoms with Gasteiger partial charge in [0.2, 0.25) is 0 Å². The number of ether oxygens (including phenoxy) is 1. The van der Waals surface area contributed by atoms with E-state index in [0.29, 0.717) is 6.10 Å². The summed E-state index contributed by atoms with van der Waals surface area (Å²) in [6, 6.07) is 0. The van der Waals surface area contributed by atoms with Gasteiger partial charge in [-0.3, -0.25) is 0 Å². The molecule has 0 aromatic rings. The molecule has 1 aliphatic heterocycles. The third-order valence-corrected chi connectivity index (χ3v) is 1.97. The van der Waals surface area contributed by atoms with Gasteiger partial charge >= 0.3 is 0 Å². The monoisotopic (exact) mass is 132 g/mol. The summed E-state index contributed by atoms with van der Waals surface area (Å²) >= 11 is 1.92. The second kappa shape index (κ2) is 3.36. The van der Waals surface area contributed by atoms with Gasteiger partial charge in [-0.1, -0.05) is 0 Å². The Kier molecular flexibility index (Phi) is 2.70. The van der Waals surface area contributed by atoms with Crippen LogP contribution in [-0.4, -0.2) is 24.7 Å². The Bertz CT molecular complexity index is 61.5. The fourth-order valence-corrected chi connectivity index (χ4v) is 1.15. The zero-order valence-electron chi connectivity index (χ0n) is 5.22. The summed E-state index contributed by atoms with van der Waals surface area (Å²) in [5.74, 6) is 1.29. The smallest absolute Gasteiger partial charge is 0.0810 e. The number of rotatable bonds is 4. The van der Waals surface area contributed by atoms with Gasteiger partial charge in [-0.2, -0.15) is 11.8 Å². The first-order chi connectivity index (χ1) is 3.93. The lowest BCUT2D eigenvalue weighted by molar-refractivity contribution is 0.395. The first-order valence-electron chi connectivity index (χ1n) is 3.04. The Morgan fingerprint density at radius 3 is 3.00 bits per heavy atom. The quantitative estimate of drug-likeness (QED) is 0.425. The maximum absolute atomic E-state index is 5.05. The lowest BCUT2D eigenvalue weighted by Crippen LogP contribution is -1.85. The molecule has 1 atom stereocenters. The van der Waals surface area contributed by atoms with Crippen molar-refractivity contribution in [3.05, 3.63) is 0 Å². The lowest BCUT2D eigenvalue weighted by atomic mass is 10.3. The molecule has 1 unspecified atom stereocenters. The number of hydrogen-bond donors (Lipinski definition) is 0. The van der Waals surface area contributed by atoms with Crippen molar-refractivity contribution in [3.63, 3.8) is 0 Å². The molecule has 1 heterocycles. The van der Waals surface area contributed by atoms with E-state index in [-0.39, 0.29) is 0 Å². The molecule has 0 radical (unpaired) electrons. The van der Waals surface area contributed by atoms with E-state index >= 15 is 0 Å². The van der Waals surface area contributed by atoms with E-state index in [1.54, 1.807) is 0 Å². The first kappa shape index (κ1) is 6.43. The molecule has 0 saturated carbocycles. The minimum atomic E-state index is 0.641. The minimum absolute atomic E-state index is 0.641. The van der Waals surface area contributed by atoms with Crippen LogP contribution in [0.1, 0.15) is 12.8 Å². The maximum atomic E-state index is 5.05. The highest BCUT2D eigenvalue weighted by atomic mass is 32.2. The molecule has 0 spiro atoms. The molecule has 0 N–H and O–H groups in total. The average molecular weight is 132 g/mol. The fraction of sp³-hybridized carbons (Fsp3) is 1.00. The first-order valence-corrected chi connectivity index (χ1v) is 4.43. The van der Waals surface area contributed by atoms with Gasteiger partial charge in [0.1, 0.15) is 0 Å². The van der Waals surface area contributed by atoms with Gasteiger partial charge in [-0.25, -0.2) is 0 Å². The standard InChI is InChI=1S/C6H12OS/c1-8-4-2-3-6-5-7-6/h6H,2-5H2,1H3. The number of thioether (sulfide) groups is 1. The van der Waals surface area contributed by atoms with Crippen LogP contribution in [0.25, 0.3) is 0 Å². The van der Waals surface area contributed by atoms with Crippen LogP contribution in [0.5, 0.6) is 0 Å². The maximum Gasteiger partial charge on any atom is 0.0810 e. The Morgan fingerprint density at radius 1 is 1.75 bits per heavy atom. The number of hydrogen-bond acceptors (Lipinski definition) is 2. The van der Waals surface area contributed by atoms with Crippen molar-refractivity contribution in [3.8, 4) is 0 Å². The third-order valence-electron chi connectivity index (χ3n) is 1.28. The fourth-order valence-electron chi connectivity index (χ4n) is 0.690. The van der Waals surface area contributed by atoms with E-state index < -0.39 is 0 Å². The Morgan fingerprint density at radius 2 is 2.50 bits per heavy atom. The van der Waals surface area contributed by atoms with Crippen molar-refractivity contribution >= 4 is 11.8 Å². The predicted octanol–water partition coefficient (Wildman–Crippen LogP) is 1.53. The Labute approximate surface area is 54.8 Å². The molecule has 0 aromatic carbocycles. The molecule has 1 nitrogen and oxygen atoms in total. The highest BCUT2D eigenvalue weighted by Gasteiger charge is 2.20. The van der Waals surface area contributed by atoms with Gasteiger partial charge in [0.15, 0.2) is 0 Å². The van der Waals surface area contributed by atoms with Gasteiger partial charge in [-0.05, 0) is 24.9 Å². The summed E-state index contributed by atoms with van der Waals surface area (Å²) in [6.07, 6.45) is 5.39. The van der Waals surface area contributed by atoms with Crippen LogP contribution in [0.3, 0.4) is 0 Å². The van der Waals surface area contributed by atoms with Crippen LogP contribution >= 0.6 is 11.8 Å². The highest BCUT2D eigenvalue weighted by Crippen LogP contribution is 2.16. The normalized spacial score (nSPS) is 25.9. The van der Waals surface area contributed by atoms with Crippen molar-refractivity contribution in [1.82, 2.24) is 0 Å². The summed E-state index contributed by atoms with van der Waals surface area (Å²) in [4.78, 5) is 0. The van der Waals surface area contributed by atoms with E-state index in [1.807, 2.05) is 11.8 Å². The van der Waals surface area contributed by atoms with Crippen LogP contribution in [0, 0.1) is 0 Å². The highest BCUT2D eigenvalue weighted by molar-refractivity contribution is 7.98. The SMILES string of the molecule is CSCCCC1CO1. The molecule has 1 rings (SSSR count). The Hall–Kier alpha value is 0.310. The van der Waals surface area contributed by atoms with Crippen LogP contribution < -0.4 is 0 Å². The lowest BCUT2D eigenvalue weighted by Gasteiger charge is -1.90. The number of epoxide rings is 1. The van der Waals surface area contributed by atoms with Gasteiger partial charge in [0.25, 0.3) is 0 Å². The zero-order chi connectivity index (χ0) is 5.82. The molecule has 1 saturated heterocycles. The van der Waals surface area contributed by atoms with Gasteiger partial charge in [0.05, 0.1) is 12.7 Å². The molecule has 2 heteroatoms. The molecule has 0 bridgehead atoms. The summed E-state index contributed by atoms with van der Waals surface area (Å²) in [7, 11) is 0. The molecule has 0 aliphatic carbocycles. The molecule has 1 fully saturated rings. The Balaban J connectivity index is 1.74. The largest absolute Gasteiger partial charge is 0.373 e. The summed E-state index contributed by atoms with van der Waals surface area (Å²) in [6.45, 7) is 1.02. The second-order valence-electron chi connectivity index (χ2n) is 2.09. The summed E-state index contributed by atoms with van der Waals surface area (Å²) < 4.78 is 5.05. The van der Waals surface area contributed by atoms with Crippen molar-refractivity contribution < 1.29 is 4.74 Å². The minimum Gasteiger partial charge on any atom is -0.373 e. The van der Waals surface area contributed by atoms with Crippen molar-refractivity contribution in [1.29, 1.82) is 0 Å². The molecule has 8 heavy (non-hydrogen) atoms. The van der Waals surface area contributed by atoms with E-state index in [4.69, 9.17) is 4.74 Å². The molecule has 0 amide bonds. The van der Waals surface area contributed by atoms with Gasteiger partial charge in [0, 0.05) is 0 Å². The second-order valence-corrected chi connectivity index (χ2v) is 3.08. The van der Waals surface area contributed by atoms with Crippen molar-refractivity contribution in [2.45, 2.75) is 18.9 Å². The summed E-state index contributed by atoms with van der Waals surface area (Å²) in [5, 5.41) is 0. The zero-order valence-corrected chi connectivity index (χ0v) is 6.04. The molecule has 1 aliphatic rings. The van der Waals surface area contributed by atoms with Crippen molar-refractivity contribution in [2.75, 3.05) is 18.6 Å². The van der Waals surface area contributed by atoms with E-state index in [2.05, 4.69) is 6.26 Å². The molecular formula is C6H12OS. The van der Waals surface area contributed by atoms with Crippen LogP contribution in [0.2, 0.25) is 0 Å². The van der Waals surface area contributed by atoms with Crippen LogP contribution in [-0.2, 0) is 4.74 Å². The van der Waals surface area contributed by atoms with E-state index in [0.717, 1.165) is 6.61 Å². The molecule has 48 valence electrons. The van der Waals surface area contributed by atoms with E-state index in [9.17, 15) is 0 Å². The van der Waals surface area contributed by atoms with Crippen LogP contribution in [0.4, 0.5) is 0 Å². The van der Waals surface area contributed by atoms with E-state index in [1.165, 1.54) is 18.6 Å². The molecular weight excluding hydrogens is 120 g/mol. The average Bonchev–Trinajstić information content (AvgIpc) is 2.51. The third kappa shape index (κ3) is 2.58. The topological polar surface area (TPSA) is 12.5 Å².